The summed E-state index contributed by atoms with van der Waals surface area (Å²) < 4.78 is 16.0. The molecule has 2 aromatic rings. The van der Waals surface area contributed by atoms with E-state index in [0.29, 0.717) is 56.6 Å². The maximum atomic E-state index is 12.8. The van der Waals surface area contributed by atoms with Crippen LogP contribution in [0.1, 0.15) is 22.8 Å². The molecule has 0 aromatic heterocycles. The second kappa shape index (κ2) is 11.1. The Kier molecular flexibility index (Phi) is 8.19. The zero-order valence-electron chi connectivity index (χ0n) is 18.5. The van der Waals surface area contributed by atoms with E-state index in [4.69, 9.17) is 25.8 Å². The summed E-state index contributed by atoms with van der Waals surface area (Å²) in [6, 6.07) is 10.1. The van der Waals surface area contributed by atoms with E-state index in [-0.39, 0.29) is 5.91 Å². The van der Waals surface area contributed by atoms with E-state index in [1.54, 1.807) is 55.6 Å². The minimum absolute atomic E-state index is 0.189. The number of carbonyl (C=O) groups excluding carboxylic acids is 2. The minimum Gasteiger partial charge on any atom is -0.490 e. The second-order valence-corrected chi connectivity index (χ2v) is 8.19. The molecule has 33 heavy (non-hydrogen) atoms. The molecule has 0 spiro atoms. The van der Waals surface area contributed by atoms with Gasteiger partial charge in [0.25, 0.3) is 5.91 Å². The van der Waals surface area contributed by atoms with Crippen molar-refractivity contribution in [3.63, 3.8) is 0 Å². The van der Waals surface area contributed by atoms with Crippen molar-refractivity contribution in [3.8, 4) is 11.5 Å². The standard InChI is InChI=1S/C24H23ClN2O5S/c1-5-11-32-21-18(25)12-15(13-19(21)31-6-2)14-20-22(28)27(3)24(33-20)26-17-9-7-16(8-10-17)23(29)30-4/h5,7-10,12-14H,1,6,11H2,2-4H3/b20-14-,26-24?. The molecule has 2 aromatic carbocycles. The number of aliphatic imine (C=N–C) groups is 1. The highest BCUT2D eigenvalue weighted by Gasteiger charge is 2.30. The first kappa shape index (κ1) is 24.4. The second-order valence-electron chi connectivity index (χ2n) is 6.77. The van der Waals surface area contributed by atoms with Crippen LogP contribution >= 0.6 is 23.4 Å². The predicted molar refractivity (Wildman–Crippen MR) is 132 cm³/mol. The first-order valence-electron chi connectivity index (χ1n) is 10.0. The molecule has 9 heteroatoms. The topological polar surface area (TPSA) is 77.4 Å². The third-order valence-electron chi connectivity index (χ3n) is 4.49. The maximum Gasteiger partial charge on any atom is 0.337 e. The third kappa shape index (κ3) is 5.77. The molecule has 0 bridgehead atoms. The average Bonchev–Trinajstić information content (AvgIpc) is 3.06. The van der Waals surface area contributed by atoms with Gasteiger partial charge in [-0.15, -0.1) is 0 Å². The Labute approximate surface area is 201 Å². The van der Waals surface area contributed by atoms with Crippen LogP contribution in [0.15, 0.2) is 59.0 Å². The number of amidine groups is 1. The normalized spacial score (nSPS) is 15.8. The molecule has 1 aliphatic heterocycles. The van der Waals surface area contributed by atoms with Crippen LogP contribution in [0.4, 0.5) is 5.69 Å². The van der Waals surface area contributed by atoms with Gasteiger partial charge in [-0.05, 0) is 66.7 Å². The lowest BCUT2D eigenvalue weighted by Crippen LogP contribution is -2.23. The molecule has 1 amide bonds. The summed E-state index contributed by atoms with van der Waals surface area (Å²) in [4.78, 5) is 30.9. The largest absolute Gasteiger partial charge is 0.490 e. The van der Waals surface area contributed by atoms with Gasteiger partial charge in [0, 0.05) is 7.05 Å². The molecule has 0 saturated carbocycles. The van der Waals surface area contributed by atoms with Gasteiger partial charge in [-0.2, -0.15) is 0 Å². The highest BCUT2D eigenvalue weighted by molar-refractivity contribution is 8.18. The van der Waals surface area contributed by atoms with Gasteiger partial charge in [0.05, 0.1) is 34.9 Å². The highest BCUT2D eigenvalue weighted by Crippen LogP contribution is 2.39. The molecule has 1 fully saturated rings. The number of hydrogen-bond donors (Lipinski definition) is 0. The Hall–Kier alpha value is -3.23. The number of ether oxygens (including phenoxy) is 3. The summed E-state index contributed by atoms with van der Waals surface area (Å²) >= 11 is 7.65. The van der Waals surface area contributed by atoms with E-state index in [0.717, 1.165) is 0 Å². The maximum absolute atomic E-state index is 12.8. The number of rotatable bonds is 8. The van der Waals surface area contributed by atoms with E-state index in [1.807, 2.05) is 6.92 Å². The number of hydrogen-bond acceptors (Lipinski definition) is 7. The molecule has 3 rings (SSSR count). The smallest absolute Gasteiger partial charge is 0.337 e. The Bertz CT molecular complexity index is 1130. The van der Waals surface area contributed by atoms with E-state index in [2.05, 4.69) is 11.6 Å². The molecule has 0 N–H and O–H groups in total. The number of esters is 1. The molecule has 0 atom stereocenters. The fraction of sp³-hybridized carbons (Fsp3) is 0.208. The van der Waals surface area contributed by atoms with Gasteiger partial charge in [-0.25, -0.2) is 9.79 Å². The van der Waals surface area contributed by atoms with Gasteiger partial charge in [0.1, 0.15) is 6.61 Å². The quantitative estimate of drug-likeness (QED) is 0.285. The van der Waals surface area contributed by atoms with Gasteiger partial charge < -0.3 is 14.2 Å². The lowest BCUT2D eigenvalue weighted by Gasteiger charge is -2.13. The first-order chi connectivity index (χ1) is 15.9. The van der Waals surface area contributed by atoms with Crippen LogP contribution in [-0.2, 0) is 9.53 Å². The van der Waals surface area contributed by atoms with Crippen molar-refractivity contribution in [1.82, 2.24) is 4.90 Å². The van der Waals surface area contributed by atoms with Crippen molar-refractivity contribution >= 4 is 52.2 Å². The lowest BCUT2D eigenvalue weighted by atomic mass is 10.1. The minimum atomic E-state index is -0.423. The van der Waals surface area contributed by atoms with Crippen LogP contribution in [0.2, 0.25) is 5.02 Å². The van der Waals surface area contributed by atoms with Gasteiger partial charge in [-0.1, -0.05) is 24.3 Å². The number of likely N-dealkylation sites (N-methyl/N-ethyl adjacent to an activating group) is 1. The lowest BCUT2D eigenvalue weighted by molar-refractivity contribution is -0.121. The van der Waals surface area contributed by atoms with Gasteiger partial charge in [0.2, 0.25) is 0 Å². The zero-order chi connectivity index (χ0) is 24.0. The number of methoxy groups -OCH3 is 1. The van der Waals surface area contributed by atoms with Gasteiger partial charge >= 0.3 is 5.97 Å². The number of thioether (sulfide) groups is 1. The van der Waals surface area contributed by atoms with E-state index < -0.39 is 5.97 Å². The SMILES string of the molecule is C=CCOc1c(Cl)cc(/C=C2\SC(=Nc3ccc(C(=O)OC)cc3)N(C)C2=O)cc1OCC. The molecule has 0 aliphatic carbocycles. The van der Waals surface area contributed by atoms with Gasteiger partial charge in [0.15, 0.2) is 16.7 Å². The molecule has 1 heterocycles. The summed E-state index contributed by atoms with van der Waals surface area (Å²) in [5.74, 6) is 0.307. The molecule has 1 aliphatic rings. The summed E-state index contributed by atoms with van der Waals surface area (Å²) in [5.41, 5.74) is 1.73. The first-order valence-corrected chi connectivity index (χ1v) is 11.2. The summed E-state index contributed by atoms with van der Waals surface area (Å²) in [7, 11) is 2.98. The van der Waals surface area contributed by atoms with Crippen molar-refractivity contribution in [2.24, 2.45) is 4.99 Å². The fourth-order valence-electron chi connectivity index (χ4n) is 2.92. The van der Waals surface area contributed by atoms with Crippen LogP contribution in [0.5, 0.6) is 11.5 Å². The Morgan fingerprint density at radius 3 is 2.61 bits per heavy atom. The van der Waals surface area contributed by atoms with Crippen molar-refractivity contribution in [2.75, 3.05) is 27.4 Å². The molecule has 172 valence electrons. The van der Waals surface area contributed by atoms with Crippen LogP contribution in [-0.4, -0.2) is 49.3 Å². The highest BCUT2D eigenvalue weighted by atomic mass is 35.5. The average molecular weight is 487 g/mol. The molecular formula is C24H23ClN2O5S. The van der Waals surface area contributed by atoms with E-state index in [1.165, 1.54) is 23.8 Å². The monoisotopic (exact) mass is 486 g/mol. The third-order valence-corrected chi connectivity index (χ3v) is 5.83. The summed E-state index contributed by atoms with van der Waals surface area (Å²) in [6.07, 6.45) is 3.35. The zero-order valence-corrected chi connectivity index (χ0v) is 20.0. The molecular weight excluding hydrogens is 464 g/mol. The molecule has 0 unspecified atom stereocenters. The van der Waals surface area contributed by atoms with Crippen LogP contribution in [0, 0.1) is 0 Å². The van der Waals surface area contributed by atoms with Crippen molar-refractivity contribution in [1.29, 1.82) is 0 Å². The molecule has 0 radical (unpaired) electrons. The Morgan fingerprint density at radius 2 is 1.97 bits per heavy atom. The van der Waals surface area contributed by atoms with Crippen molar-refractivity contribution in [2.45, 2.75) is 6.92 Å². The Morgan fingerprint density at radius 1 is 1.24 bits per heavy atom. The number of benzene rings is 2. The van der Waals surface area contributed by atoms with Crippen LogP contribution in [0.25, 0.3) is 6.08 Å². The predicted octanol–water partition coefficient (Wildman–Crippen LogP) is 5.32. The van der Waals surface area contributed by atoms with Crippen molar-refractivity contribution in [3.05, 3.63) is 70.1 Å². The van der Waals surface area contributed by atoms with E-state index >= 15 is 0 Å². The van der Waals surface area contributed by atoms with Crippen LogP contribution in [0.3, 0.4) is 0 Å². The summed E-state index contributed by atoms with van der Waals surface area (Å²) in [5, 5.41) is 0.886. The molecule has 7 nitrogen and oxygen atoms in total. The number of amides is 1. The van der Waals surface area contributed by atoms with E-state index in [9.17, 15) is 9.59 Å². The summed E-state index contributed by atoms with van der Waals surface area (Å²) in [6.45, 7) is 6.23. The van der Waals surface area contributed by atoms with Crippen LogP contribution < -0.4 is 9.47 Å². The van der Waals surface area contributed by atoms with Crippen molar-refractivity contribution < 1.29 is 23.8 Å². The number of halogens is 1. The Balaban J connectivity index is 1.88. The fourth-order valence-corrected chi connectivity index (χ4v) is 4.18. The number of carbonyl (C=O) groups is 2. The van der Waals surface area contributed by atoms with Gasteiger partial charge in [-0.3, -0.25) is 9.69 Å². The number of nitrogens with zero attached hydrogens (tertiary/aromatic N) is 2. The molecule has 1 saturated heterocycles.